The molecule has 5 nitrogen and oxygen atoms in total. The Balaban J connectivity index is 2.11. The van der Waals surface area contributed by atoms with Gasteiger partial charge in [-0.25, -0.2) is 13.1 Å². The van der Waals surface area contributed by atoms with Crippen LogP contribution >= 0.6 is 0 Å². The minimum Gasteiger partial charge on any atom is -0.352 e. The first-order chi connectivity index (χ1) is 8.38. The van der Waals surface area contributed by atoms with Crippen molar-refractivity contribution in [3.05, 3.63) is 18.0 Å². The molecule has 1 aliphatic rings. The topological polar surface area (TPSA) is 63.1 Å². The van der Waals surface area contributed by atoms with E-state index in [1.165, 1.54) is 12.8 Å². The highest BCUT2D eigenvalue weighted by Crippen LogP contribution is 2.20. The maximum Gasteiger partial charge on any atom is 0.242 e. The molecule has 1 aromatic rings. The van der Waals surface area contributed by atoms with E-state index in [9.17, 15) is 8.42 Å². The Morgan fingerprint density at radius 2 is 2.11 bits per heavy atom. The fourth-order valence-electron chi connectivity index (χ4n) is 1.81. The third-order valence-electron chi connectivity index (χ3n) is 2.93. The Hall–Kier alpha value is -0.850. The summed E-state index contributed by atoms with van der Waals surface area (Å²) in [5.41, 5.74) is 0.992. The molecule has 1 aliphatic carbocycles. The lowest BCUT2D eigenvalue weighted by Crippen LogP contribution is -2.29. The molecule has 2 N–H and O–H groups in total. The van der Waals surface area contributed by atoms with Gasteiger partial charge in [0, 0.05) is 37.6 Å². The van der Waals surface area contributed by atoms with E-state index in [0.717, 1.165) is 12.2 Å². The van der Waals surface area contributed by atoms with Gasteiger partial charge in [0.2, 0.25) is 10.0 Å². The number of aromatic nitrogens is 1. The van der Waals surface area contributed by atoms with E-state index in [1.54, 1.807) is 12.3 Å². The second-order valence-corrected chi connectivity index (χ2v) is 6.92. The Labute approximate surface area is 109 Å². The van der Waals surface area contributed by atoms with Crippen LogP contribution in [0, 0.1) is 0 Å². The number of nitrogens with one attached hydrogen (secondary N) is 2. The van der Waals surface area contributed by atoms with Crippen molar-refractivity contribution in [1.82, 2.24) is 14.6 Å². The lowest BCUT2D eigenvalue weighted by molar-refractivity contribution is 0.569. The summed E-state index contributed by atoms with van der Waals surface area (Å²) >= 11 is 0. The number of hydrogen-bond acceptors (Lipinski definition) is 3. The summed E-state index contributed by atoms with van der Waals surface area (Å²) in [6, 6.07) is 2.26. The number of rotatable bonds is 6. The highest BCUT2D eigenvalue weighted by molar-refractivity contribution is 7.89. The molecule has 1 heterocycles. The van der Waals surface area contributed by atoms with Crippen LogP contribution in [-0.4, -0.2) is 25.1 Å². The number of hydrogen-bond donors (Lipinski definition) is 2. The molecule has 1 saturated carbocycles. The van der Waals surface area contributed by atoms with Gasteiger partial charge in [-0.15, -0.1) is 0 Å². The molecule has 1 aromatic heterocycles. The van der Waals surface area contributed by atoms with Gasteiger partial charge >= 0.3 is 0 Å². The van der Waals surface area contributed by atoms with Crippen LogP contribution in [0.15, 0.2) is 17.2 Å². The summed E-state index contributed by atoms with van der Waals surface area (Å²) in [7, 11) is -1.51. The summed E-state index contributed by atoms with van der Waals surface area (Å²) in [6.07, 6.45) is 4.11. The maximum atomic E-state index is 12.0. The average molecular weight is 271 g/mol. The van der Waals surface area contributed by atoms with Crippen LogP contribution in [0.3, 0.4) is 0 Å². The largest absolute Gasteiger partial charge is 0.352 e. The molecule has 0 spiro atoms. The van der Waals surface area contributed by atoms with E-state index < -0.39 is 10.0 Å². The van der Waals surface area contributed by atoms with Crippen LogP contribution in [0.5, 0.6) is 0 Å². The second kappa shape index (κ2) is 5.03. The fourth-order valence-corrected chi connectivity index (χ4v) is 3.16. The standard InChI is InChI=1S/C12H21N3O2S/c1-9(2)14-18(16,17)12-6-11(15(3)8-12)7-13-10-4-5-10/h6,8-10,13-14H,4-5,7H2,1-3H3. The summed E-state index contributed by atoms with van der Waals surface area (Å²) in [5, 5.41) is 3.38. The molecule has 0 saturated heterocycles. The van der Waals surface area contributed by atoms with Gasteiger partial charge in [-0.1, -0.05) is 0 Å². The van der Waals surface area contributed by atoms with Gasteiger partial charge < -0.3 is 9.88 Å². The van der Waals surface area contributed by atoms with E-state index in [2.05, 4.69) is 10.0 Å². The molecular formula is C12H21N3O2S. The predicted molar refractivity (Wildman–Crippen MR) is 70.7 cm³/mol. The van der Waals surface area contributed by atoms with Crippen molar-refractivity contribution in [2.24, 2.45) is 7.05 Å². The van der Waals surface area contributed by atoms with E-state index in [-0.39, 0.29) is 6.04 Å². The highest BCUT2D eigenvalue weighted by Gasteiger charge is 2.22. The quantitative estimate of drug-likeness (QED) is 0.810. The molecule has 1 fully saturated rings. The second-order valence-electron chi connectivity index (χ2n) is 5.21. The van der Waals surface area contributed by atoms with E-state index in [1.807, 2.05) is 25.5 Å². The van der Waals surface area contributed by atoms with E-state index >= 15 is 0 Å². The van der Waals surface area contributed by atoms with Gasteiger partial charge in [0.05, 0.1) is 4.90 Å². The Morgan fingerprint density at radius 3 is 2.67 bits per heavy atom. The van der Waals surface area contributed by atoms with Gasteiger partial charge in [0.15, 0.2) is 0 Å². The molecule has 2 rings (SSSR count). The number of aryl methyl sites for hydroxylation is 1. The lowest BCUT2D eigenvalue weighted by Gasteiger charge is -2.07. The van der Waals surface area contributed by atoms with E-state index in [0.29, 0.717) is 10.9 Å². The van der Waals surface area contributed by atoms with Crippen LogP contribution in [0.1, 0.15) is 32.4 Å². The van der Waals surface area contributed by atoms with Crippen LogP contribution in [0.4, 0.5) is 0 Å². The monoisotopic (exact) mass is 271 g/mol. The van der Waals surface area contributed by atoms with Gasteiger partial charge in [-0.05, 0) is 32.8 Å². The predicted octanol–water partition coefficient (Wildman–Crippen LogP) is 0.964. The zero-order valence-corrected chi connectivity index (χ0v) is 11.9. The number of sulfonamides is 1. The summed E-state index contributed by atoms with van der Waals surface area (Å²) in [6.45, 7) is 4.35. The van der Waals surface area contributed by atoms with Gasteiger partial charge in [-0.2, -0.15) is 0 Å². The zero-order chi connectivity index (χ0) is 13.3. The molecule has 6 heteroatoms. The first-order valence-corrected chi connectivity index (χ1v) is 7.78. The summed E-state index contributed by atoms with van der Waals surface area (Å²) < 4.78 is 28.5. The van der Waals surface area contributed by atoms with Crippen LogP contribution in [0.25, 0.3) is 0 Å². The minimum atomic E-state index is -3.38. The normalized spacial score (nSPS) is 16.4. The van der Waals surface area contributed by atoms with Crippen molar-refractivity contribution in [3.63, 3.8) is 0 Å². The van der Waals surface area contributed by atoms with Crippen molar-refractivity contribution in [2.45, 2.75) is 50.2 Å². The first kappa shape index (κ1) is 13.6. The molecule has 18 heavy (non-hydrogen) atoms. The average Bonchev–Trinajstić information content (AvgIpc) is 2.97. The summed E-state index contributed by atoms with van der Waals surface area (Å²) in [5.74, 6) is 0. The van der Waals surface area contributed by atoms with Crippen molar-refractivity contribution in [1.29, 1.82) is 0 Å². The van der Waals surface area contributed by atoms with Crippen molar-refractivity contribution in [2.75, 3.05) is 0 Å². The number of nitrogens with zero attached hydrogens (tertiary/aromatic N) is 1. The SMILES string of the molecule is CC(C)NS(=O)(=O)c1cc(CNC2CC2)n(C)c1. The maximum absolute atomic E-state index is 12.0. The Morgan fingerprint density at radius 1 is 1.44 bits per heavy atom. The van der Waals surface area contributed by atoms with Gasteiger partial charge in [0.25, 0.3) is 0 Å². The molecule has 0 radical (unpaired) electrons. The van der Waals surface area contributed by atoms with Crippen LogP contribution < -0.4 is 10.0 Å². The Kier molecular flexibility index (Phi) is 3.79. The molecule has 0 amide bonds. The molecular weight excluding hydrogens is 250 g/mol. The van der Waals surface area contributed by atoms with Crippen molar-refractivity contribution in [3.8, 4) is 0 Å². The van der Waals surface area contributed by atoms with Crippen molar-refractivity contribution >= 4 is 10.0 Å². The molecule has 0 bridgehead atoms. The van der Waals surface area contributed by atoms with Crippen LogP contribution in [0.2, 0.25) is 0 Å². The van der Waals surface area contributed by atoms with Crippen LogP contribution in [-0.2, 0) is 23.6 Å². The molecule has 0 aliphatic heterocycles. The summed E-state index contributed by atoms with van der Waals surface area (Å²) in [4.78, 5) is 0.339. The third kappa shape index (κ3) is 3.34. The molecule has 0 aromatic carbocycles. The third-order valence-corrected chi connectivity index (χ3v) is 4.56. The highest BCUT2D eigenvalue weighted by atomic mass is 32.2. The van der Waals surface area contributed by atoms with E-state index in [4.69, 9.17) is 0 Å². The molecule has 0 atom stereocenters. The fraction of sp³-hybridized carbons (Fsp3) is 0.667. The minimum absolute atomic E-state index is 0.0942. The van der Waals surface area contributed by atoms with Gasteiger partial charge in [0.1, 0.15) is 0 Å². The van der Waals surface area contributed by atoms with Crippen molar-refractivity contribution < 1.29 is 8.42 Å². The lowest BCUT2D eigenvalue weighted by atomic mass is 10.4. The Bertz CT molecular complexity index is 515. The molecule has 102 valence electrons. The zero-order valence-electron chi connectivity index (χ0n) is 11.1. The molecule has 0 unspecified atom stereocenters. The smallest absolute Gasteiger partial charge is 0.242 e. The van der Waals surface area contributed by atoms with Gasteiger partial charge in [-0.3, -0.25) is 0 Å². The first-order valence-electron chi connectivity index (χ1n) is 6.29.